The Kier molecular flexibility index (Phi) is 7.45. The molecule has 1 atom stereocenters. The van der Waals surface area contributed by atoms with Crippen molar-refractivity contribution in [2.24, 2.45) is 0 Å². The molecule has 2 aromatic rings. The molecule has 7 nitrogen and oxygen atoms in total. The van der Waals surface area contributed by atoms with E-state index in [0.717, 1.165) is 5.69 Å². The Labute approximate surface area is 152 Å². The van der Waals surface area contributed by atoms with Gasteiger partial charge in [0.1, 0.15) is 11.8 Å². The molecule has 0 aliphatic heterocycles. The standard InChI is InChI=1S/C19H23N3O4/c1-26-17-10-6-5-9-15(17)20-11-12-21-16(19(24)25)13-18(23)22-14-7-3-2-4-8-14/h2-10,16,20-21H,11-13H2,1H3,(H,22,23)(H,24,25)/t16-/m0/s1. The van der Waals surface area contributed by atoms with E-state index in [-0.39, 0.29) is 12.3 Å². The number of para-hydroxylation sites is 3. The van der Waals surface area contributed by atoms with Gasteiger partial charge in [-0.05, 0) is 24.3 Å². The monoisotopic (exact) mass is 357 g/mol. The number of carboxylic acids is 1. The van der Waals surface area contributed by atoms with Crippen molar-refractivity contribution >= 4 is 23.3 Å². The van der Waals surface area contributed by atoms with Crippen LogP contribution in [-0.4, -0.2) is 38.1 Å². The van der Waals surface area contributed by atoms with Crippen LogP contribution in [0.1, 0.15) is 6.42 Å². The summed E-state index contributed by atoms with van der Waals surface area (Å²) in [5.74, 6) is -0.906. The molecule has 0 aliphatic rings. The molecule has 7 heteroatoms. The number of nitrogens with one attached hydrogen (secondary N) is 2. The maximum Gasteiger partial charge on any atom is 0.230 e. The molecule has 2 aromatic carbocycles. The fourth-order valence-corrected chi connectivity index (χ4v) is 2.48. The first kappa shape index (κ1) is 19.3. The summed E-state index contributed by atoms with van der Waals surface area (Å²) in [5.41, 5.74) is 1.46. The van der Waals surface area contributed by atoms with Crippen LogP contribution in [0, 0.1) is 0 Å². The Morgan fingerprint density at radius 2 is 1.81 bits per heavy atom. The number of nitrogens with two attached hydrogens (primary N) is 1. The van der Waals surface area contributed by atoms with Crippen molar-refractivity contribution < 1.29 is 24.7 Å². The molecule has 138 valence electrons. The van der Waals surface area contributed by atoms with Crippen LogP contribution in [0.5, 0.6) is 5.75 Å². The maximum absolute atomic E-state index is 12.0. The molecule has 0 radical (unpaired) electrons. The van der Waals surface area contributed by atoms with Gasteiger partial charge in [-0.25, -0.2) is 0 Å². The lowest BCUT2D eigenvalue weighted by atomic mass is 10.2. The summed E-state index contributed by atoms with van der Waals surface area (Å²) >= 11 is 0. The zero-order valence-corrected chi connectivity index (χ0v) is 14.6. The first-order chi connectivity index (χ1) is 12.6. The van der Waals surface area contributed by atoms with Gasteiger partial charge in [0.05, 0.1) is 38.3 Å². The second-order valence-corrected chi connectivity index (χ2v) is 5.70. The Morgan fingerprint density at radius 1 is 1.12 bits per heavy atom. The Hall–Kier alpha value is -3.06. The first-order valence-corrected chi connectivity index (χ1v) is 8.36. The minimum absolute atomic E-state index is 0.161. The van der Waals surface area contributed by atoms with Crippen molar-refractivity contribution in [2.75, 3.05) is 30.8 Å². The number of carbonyl (C=O) groups excluding carboxylic acids is 2. The molecule has 0 aliphatic carbocycles. The smallest absolute Gasteiger partial charge is 0.230 e. The number of hydrogen-bond acceptors (Lipinski definition) is 5. The SMILES string of the molecule is COc1ccccc1NCC[NH2+][C@@H](CC(=O)Nc1ccccc1)C(=O)[O-]. The molecule has 0 aromatic heterocycles. The van der Waals surface area contributed by atoms with Crippen LogP contribution in [0.4, 0.5) is 11.4 Å². The van der Waals surface area contributed by atoms with Crippen molar-refractivity contribution in [1.82, 2.24) is 0 Å². The zero-order valence-electron chi connectivity index (χ0n) is 14.6. The Morgan fingerprint density at radius 3 is 2.50 bits per heavy atom. The number of hydrogen-bond donors (Lipinski definition) is 3. The molecule has 0 fully saturated rings. The van der Waals surface area contributed by atoms with Gasteiger partial charge < -0.3 is 30.6 Å². The number of quaternary nitrogens is 1. The quantitative estimate of drug-likeness (QED) is 0.511. The fraction of sp³-hybridized carbons (Fsp3) is 0.263. The summed E-state index contributed by atoms with van der Waals surface area (Å²) < 4.78 is 5.24. The lowest BCUT2D eigenvalue weighted by Gasteiger charge is -2.17. The van der Waals surface area contributed by atoms with E-state index in [1.54, 1.807) is 36.7 Å². The predicted octanol–water partition coefficient (Wildman–Crippen LogP) is -0.182. The largest absolute Gasteiger partial charge is 0.544 e. The van der Waals surface area contributed by atoms with Gasteiger partial charge in [0.2, 0.25) is 5.91 Å². The zero-order chi connectivity index (χ0) is 18.8. The lowest BCUT2D eigenvalue weighted by Crippen LogP contribution is -2.94. The molecule has 4 N–H and O–H groups in total. The van der Waals surface area contributed by atoms with E-state index in [1.807, 2.05) is 30.3 Å². The summed E-state index contributed by atoms with van der Waals surface area (Å²) in [4.78, 5) is 23.3. The van der Waals surface area contributed by atoms with E-state index in [9.17, 15) is 14.7 Å². The van der Waals surface area contributed by atoms with Gasteiger partial charge in [0, 0.05) is 5.69 Å². The normalized spacial score (nSPS) is 11.4. The van der Waals surface area contributed by atoms with E-state index < -0.39 is 12.0 Å². The molecule has 0 saturated heterocycles. The number of aliphatic carboxylic acids is 1. The number of methoxy groups -OCH3 is 1. The second kappa shape index (κ2) is 10.0. The van der Waals surface area contributed by atoms with Gasteiger partial charge in [-0.3, -0.25) is 4.79 Å². The minimum Gasteiger partial charge on any atom is -0.544 e. The van der Waals surface area contributed by atoms with Gasteiger partial charge in [-0.1, -0.05) is 30.3 Å². The number of amides is 1. The van der Waals surface area contributed by atoms with Gasteiger partial charge in [0.15, 0.2) is 0 Å². The van der Waals surface area contributed by atoms with Crippen LogP contribution in [0.25, 0.3) is 0 Å². The van der Waals surface area contributed by atoms with E-state index in [1.165, 1.54) is 0 Å². The molecular weight excluding hydrogens is 334 g/mol. The highest BCUT2D eigenvalue weighted by atomic mass is 16.5. The highest BCUT2D eigenvalue weighted by molar-refractivity contribution is 5.93. The molecule has 1 amide bonds. The van der Waals surface area contributed by atoms with Crippen LogP contribution in [0.3, 0.4) is 0 Å². The van der Waals surface area contributed by atoms with Gasteiger partial charge in [-0.15, -0.1) is 0 Å². The number of rotatable bonds is 10. The molecule has 0 saturated carbocycles. The van der Waals surface area contributed by atoms with Crippen LogP contribution >= 0.6 is 0 Å². The average molecular weight is 357 g/mol. The third-order valence-corrected chi connectivity index (χ3v) is 3.78. The molecular formula is C19H23N3O4. The highest BCUT2D eigenvalue weighted by Crippen LogP contribution is 2.22. The maximum atomic E-state index is 12.0. The number of benzene rings is 2. The van der Waals surface area contributed by atoms with E-state index in [0.29, 0.717) is 24.5 Å². The van der Waals surface area contributed by atoms with Gasteiger partial charge in [-0.2, -0.15) is 0 Å². The summed E-state index contributed by atoms with van der Waals surface area (Å²) in [7, 11) is 1.59. The minimum atomic E-state index is -1.26. The third-order valence-electron chi connectivity index (χ3n) is 3.78. The van der Waals surface area contributed by atoms with Gasteiger partial charge >= 0.3 is 0 Å². The van der Waals surface area contributed by atoms with Crippen molar-refractivity contribution in [2.45, 2.75) is 12.5 Å². The first-order valence-electron chi connectivity index (χ1n) is 8.36. The predicted molar refractivity (Wildman–Crippen MR) is 96.8 cm³/mol. The van der Waals surface area contributed by atoms with Crippen LogP contribution < -0.4 is 25.8 Å². The highest BCUT2D eigenvalue weighted by Gasteiger charge is 2.18. The van der Waals surface area contributed by atoms with Gasteiger partial charge in [0.25, 0.3) is 0 Å². The van der Waals surface area contributed by atoms with Crippen LogP contribution in [-0.2, 0) is 9.59 Å². The van der Waals surface area contributed by atoms with E-state index in [2.05, 4.69) is 10.6 Å². The number of anilines is 2. The van der Waals surface area contributed by atoms with E-state index in [4.69, 9.17) is 4.74 Å². The van der Waals surface area contributed by atoms with Crippen molar-refractivity contribution in [3.05, 3.63) is 54.6 Å². The Bertz CT molecular complexity index is 722. The summed E-state index contributed by atoms with van der Waals surface area (Å²) in [6, 6.07) is 15.4. The van der Waals surface area contributed by atoms with Crippen LogP contribution in [0.2, 0.25) is 0 Å². The molecule has 26 heavy (non-hydrogen) atoms. The molecule has 2 rings (SSSR count). The second-order valence-electron chi connectivity index (χ2n) is 5.70. The summed E-state index contributed by atoms with van der Waals surface area (Å²) in [6.07, 6.45) is -0.161. The van der Waals surface area contributed by atoms with E-state index >= 15 is 0 Å². The number of carbonyl (C=O) groups is 2. The molecule has 0 spiro atoms. The topological polar surface area (TPSA) is 107 Å². The fourth-order valence-electron chi connectivity index (χ4n) is 2.48. The third kappa shape index (κ3) is 6.10. The summed E-state index contributed by atoms with van der Waals surface area (Å²) in [6.45, 7) is 0.986. The molecule has 0 heterocycles. The summed E-state index contributed by atoms with van der Waals surface area (Å²) in [5, 5.41) is 18.7. The van der Waals surface area contributed by atoms with Crippen molar-refractivity contribution in [3.8, 4) is 5.75 Å². The number of ether oxygens (including phenoxy) is 1. The van der Waals surface area contributed by atoms with Crippen molar-refractivity contribution in [1.29, 1.82) is 0 Å². The Balaban J connectivity index is 1.79. The number of carboxylic acid groups (broad SMARTS) is 1. The lowest BCUT2D eigenvalue weighted by molar-refractivity contribution is -0.680. The molecule has 0 bridgehead atoms. The van der Waals surface area contributed by atoms with Crippen LogP contribution in [0.15, 0.2) is 54.6 Å². The molecule has 0 unspecified atom stereocenters. The average Bonchev–Trinajstić information content (AvgIpc) is 2.65. The van der Waals surface area contributed by atoms with Crippen molar-refractivity contribution in [3.63, 3.8) is 0 Å².